The number of thiophene rings is 1. The van der Waals surface area contributed by atoms with Crippen molar-refractivity contribution in [3.8, 4) is 0 Å². The summed E-state index contributed by atoms with van der Waals surface area (Å²) in [4.78, 5) is 23.0. The SMILES string of the molecule is O=C(CSc1cccs1)NCC1CCCCC1C(=O)O. The van der Waals surface area contributed by atoms with E-state index in [4.69, 9.17) is 0 Å². The van der Waals surface area contributed by atoms with E-state index in [2.05, 4.69) is 5.32 Å². The van der Waals surface area contributed by atoms with E-state index < -0.39 is 5.97 Å². The highest BCUT2D eigenvalue weighted by atomic mass is 32.2. The van der Waals surface area contributed by atoms with Crippen molar-refractivity contribution < 1.29 is 14.7 Å². The molecule has 0 radical (unpaired) electrons. The number of carboxylic acid groups (broad SMARTS) is 1. The molecule has 2 atom stereocenters. The van der Waals surface area contributed by atoms with Gasteiger partial charge in [-0.05, 0) is 30.2 Å². The van der Waals surface area contributed by atoms with E-state index in [1.165, 1.54) is 11.8 Å². The predicted molar refractivity (Wildman–Crippen MR) is 81.1 cm³/mol. The second-order valence-corrected chi connectivity index (χ2v) is 7.24. The van der Waals surface area contributed by atoms with Gasteiger partial charge >= 0.3 is 5.97 Å². The highest BCUT2D eigenvalue weighted by Gasteiger charge is 2.30. The number of amides is 1. The number of nitrogens with one attached hydrogen (secondary N) is 1. The van der Waals surface area contributed by atoms with Crippen LogP contribution in [0.2, 0.25) is 0 Å². The summed E-state index contributed by atoms with van der Waals surface area (Å²) in [6, 6.07) is 3.95. The van der Waals surface area contributed by atoms with Gasteiger partial charge in [-0.15, -0.1) is 23.1 Å². The van der Waals surface area contributed by atoms with Crippen LogP contribution in [0, 0.1) is 11.8 Å². The summed E-state index contributed by atoms with van der Waals surface area (Å²) >= 11 is 3.14. The van der Waals surface area contributed by atoms with E-state index in [-0.39, 0.29) is 17.7 Å². The van der Waals surface area contributed by atoms with Crippen molar-refractivity contribution in [2.45, 2.75) is 29.9 Å². The maximum atomic E-state index is 11.8. The lowest BCUT2D eigenvalue weighted by molar-refractivity contribution is -0.145. The molecule has 110 valence electrons. The molecule has 1 amide bonds. The summed E-state index contributed by atoms with van der Waals surface area (Å²) in [6.07, 6.45) is 3.68. The Hall–Kier alpha value is -1.01. The van der Waals surface area contributed by atoms with Gasteiger partial charge in [0.15, 0.2) is 0 Å². The molecule has 1 fully saturated rings. The number of rotatable bonds is 6. The molecule has 0 bridgehead atoms. The van der Waals surface area contributed by atoms with E-state index in [9.17, 15) is 14.7 Å². The van der Waals surface area contributed by atoms with Crippen LogP contribution in [0.25, 0.3) is 0 Å². The fraction of sp³-hybridized carbons (Fsp3) is 0.571. The zero-order chi connectivity index (χ0) is 14.4. The van der Waals surface area contributed by atoms with Gasteiger partial charge < -0.3 is 10.4 Å². The Kier molecular flexibility index (Phi) is 5.91. The van der Waals surface area contributed by atoms with Crippen molar-refractivity contribution in [2.24, 2.45) is 11.8 Å². The maximum absolute atomic E-state index is 11.8. The minimum Gasteiger partial charge on any atom is -0.481 e. The van der Waals surface area contributed by atoms with Gasteiger partial charge in [-0.3, -0.25) is 9.59 Å². The molecule has 6 heteroatoms. The molecule has 0 spiro atoms. The molecule has 2 unspecified atom stereocenters. The van der Waals surface area contributed by atoms with Crippen molar-refractivity contribution in [3.05, 3.63) is 17.5 Å². The highest BCUT2D eigenvalue weighted by molar-refractivity contribution is 8.01. The first-order valence-corrected chi connectivity index (χ1v) is 8.69. The molecule has 0 saturated heterocycles. The molecule has 20 heavy (non-hydrogen) atoms. The molecule has 2 N–H and O–H groups in total. The molecule has 4 nitrogen and oxygen atoms in total. The summed E-state index contributed by atoms with van der Waals surface area (Å²) in [5.74, 6) is -0.564. The number of hydrogen-bond acceptors (Lipinski definition) is 4. The standard InChI is InChI=1S/C14H19NO3S2/c16-12(9-20-13-6-3-7-19-13)15-8-10-4-1-2-5-11(10)14(17)18/h3,6-7,10-11H,1-2,4-5,8-9H2,(H,15,16)(H,17,18). The van der Waals surface area contributed by atoms with Gasteiger partial charge in [-0.2, -0.15) is 0 Å². The summed E-state index contributed by atoms with van der Waals surface area (Å²) in [5, 5.41) is 14.1. The first-order chi connectivity index (χ1) is 9.66. The van der Waals surface area contributed by atoms with E-state index in [1.807, 2.05) is 17.5 Å². The number of aliphatic carboxylic acids is 1. The number of carbonyl (C=O) groups excluding carboxylic acids is 1. The van der Waals surface area contributed by atoms with Gasteiger partial charge in [0.05, 0.1) is 15.9 Å². The van der Waals surface area contributed by atoms with Gasteiger partial charge in [0, 0.05) is 6.54 Å². The Morgan fingerprint density at radius 2 is 2.20 bits per heavy atom. The second kappa shape index (κ2) is 7.69. The number of hydrogen-bond donors (Lipinski definition) is 2. The van der Waals surface area contributed by atoms with Crippen molar-refractivity contribution in [1.82, 2.24) is 5.32 Å². The normalized spacial score (nSPS) is 22.4. The van der Waals surface area contributed by atoms with Gasteiger partial charge in [0.25, 0.3) is 0 Å². The van der Waals surface area contributed by atoms with Gasteiger partial charge in [-0.1, -0.05) is 18.9 Å². The monoisotopic (exact) mass is 313 g/mol. The van der Waals surface area contributed by atoms with E-state index in [0.717, 1.165) is 29.9 Å². The van der Waals surface area contributed by atoms with Crippen LogP contribution in [0.5, 0.6) is 0 Å². The Bertz CT molecular complexity index is 447. The lowest BCUT2D eigenvalue weighted by Gasteiger charge is -2.28. The van der Waals surface area contributed by atoms with Crippen LogP contribution < -0.4 is 5.32 Å². The summed E-state index contributed by atoms with van der Waals surface area (Å²) < 4.78 is 1.13. The lowest BCUT2D eigenvalue weighted by atomic mass is 9.79. The summed E-state index contributed by atoms with van der Waals surface area (Å²) in [7, 11) is 0. The van der Waals surface area contributed by atoms with Crippen molar-refractivity contribution in [3.63, 3.8) is 0 Å². The van der Waals surface area contributed by atoms with E-state index in [1.54, 1.807) is 11.3 Å². The predicted octanol–water partition coefficient (Wildman–Crippen LogP) is 2.85. The second-order valence-electron chi connectivity index (χ2n) is 5.01. The molecule has 1 heterocycles. The van der Waals surface area contributed by atoms with Gasteiger partial charge in [-0.25, -0.2) is 0 Å². The molecule has 1 aromatic heterocycles. The maximum Gasteiger partial charge on any atom is 0.306 e. The first-order valence-electron chi connectivity index (χ1n) is 6.82. The van der Waals surface area contributed by atoms with Crippen molar-refractivity contribution in [2.75, 3.05) is 12.3 Å². The fourth-order valence-corrected chi connectivity index (χ4v) is 4.17. The summed E-state index contributed by atoms with van der Waals surface area (Å²) in [5.41, 5.74) is 0. The van der Waals surface area contributed by atoms with Crippen molar-refractivity contribution >= 4 is 35.0 Å². The Morgan fingerprint density at radius 3 is 2.90 bits per heavy atom. The third-order valence-electron chi connectivity index (χ3n) is 3.63. The fourth-order valence-electron chi connectivity index (χ4n) is 2.56. The number of carbonyl (C=O) groups is 2. The minimum atomic E-state index is -0.725. The van der Waals surface area contributed by atoms with Crippen LogP contribution in [0.3, 0.4) is 0 Å². The molecule has 1 aliphatic carbocycles. The third kappa shape index (κ3) is 4.52. The average Bonchev–Trinajstić information content (AvgIpc) is 2.96. The number of carboxylic acids is 1. The van der Waals surface area contributed by atoms with E-state index >= 15 is 0 Å². The van der Waals surface area contributed by atoms with Crippen LogP contribution in [0.15, 0.2) is 21.7 Å². The molecule has 1 saturated carbocycles. The topological polar surface area (TPSA) is 66.4 Å². The molecular formula is C14H19NO3S2. The van der Waals surface area contributed by atoms with Crippen LogP contribution in [-0.2, 0) is 9.59 Å². The van der Waals surface area contributed by atoms with E-state index in [0.29, 0.717) is 12.3 Å². The zero-order valence-electron chi connectivity index (χ0n) is 11.2. The number of thioether (sulfide) groups is 1. The molecule has 1 aliphatic rings. The van der Waals surface area contributed by atoms with Crippen LogP contribution >= 0.6 is 23.1 Å². The molecule has 0 aliphatic heterocycles. The van der Waals surface area contributed by atoms with Crippen LogP contribution in [0.4, 0.5) is 0 Å². The molecule has 2 rings (SSSR count). The van der Waals surface area contributed by atoms with Crippen LogP contribution in [0.1, 0.15) is 25.7 Å². The molecule has 0 aromatic carbocycles. The zero-order valence-corrected chi connectivity index (χ0v) is 12.8. The largest absolute Gasteiger partial charge is 0.481 e. The smallest absolute Gasteiger partial charge is 0.306 e. The molecule has 1 aromatic rings. The van der Waals surface area contributed by atoms with Crippen LogP contribution in [-0.4, -0.2) is 29.3 Å². The average molecular weight is 313 g/mol. The Morgan fingerprint density at radius 1 is 1.40 bits per heavy atom. The lowest BCUT2D eigenvalue weighted by Crippen LogP contribution is -2.37. The van der Waals surface area contributed by atoms with Gasteiger partial charge in [0.1, 0.15) is 0 Å². The summed E-state index contributed by atoms with van der Waals surface area (Å²) in [6.45, 7) is 0.487. The molecular weight excluding hydrogens is 294 g/mol. The quantitative estimate of drug-likeness (QED) is 0.793. The Balaban J connectivity index is 1.72. The first kappa shape index (κ1) is 15.4. The third-order valence-corrected chi connectivity index (χ3v) is 5.76. The minimum absolute atomic E-state index is 0.0156. The van der Waals surface area contributed by atoms with Gasteiger partial charge in [0.2, 0.25) is 5.91 Å². The Labute approximate surface area is 127 Å². The highest BCUT2D eigenvalue weighted by Crippen LogP contribution is 2.29. The van der Waals surface area contributed by atoms with Crippen molar-refractivity contribution in [1.29, 1.82) is 0 Å².